The van der Waals surface area contributed by atoms with Crippen molar-refractivity contribution in [3.8, 4) is 0 Å². The number of amides is 2. The Balaban J connectivity index is 1.89. The molecule has 0 radical (unpaired) electrons. The summed E-state index contributed by atoms with van der Waals surface area (Å²) in [6.45, 7) is 7.76. The van der Waals surface area contributed by atoms with Gasteiger partial charge in [-0.2, -0.15) is 0 Å². The molecule has 0 saturated heterocycles. The third-order valence-electron chi connectivity index (χ3n) is 4.59. The molecule has 0 spiro atoms. The number of hydrogen-bond donors (Lipinski definition) is 0. The summed E-state index contributed by atoms with van der Waals surface area (Å²) in [6, 6.07) is 9.03. The van der Waals surface area contributed by atoms with Crippen LogP contribution in [0.5, 0.6) is 0 Å². The van der Waals surface area contributed by atoms with Gasteiger partial charge in [0.2, 0.25) is 0 Å². The summed E-state index contributed by atoms with van der Waals surface area (Å²) in [5.74, 6) is 0.0666. The van der Waals surface area contributed by atoms with Crippen molar-refractivity contribution in [1.82, 2.24) is 0 Å². The van der Waals surface area contributed by atoms with E-state index in [2.05, 4.69) is 19.2 Å². The van der Waals surface area contributed by atoms with Gasteiger partial charge in [0.25, 0.3) is 11.8 Å². The molecule has 2 aliphatic carbocycles. The van der Waals surface area contributed by atoms with Gasteiger partial charge in [-0.1, -0.05) is 43.5 Å². The molecular weight excluding hydrogens is 274 g/mol. The average molecular weight is 289 g/mol. The lowest BCUT2D eigenvalue weighted by molar-refractivity contribution is -0.123. The maximum Gasteiger partial charge on any atom is 0.265 e. The minimum atomic E-state index is -0.346. The van der Waals surface area contributed by atoms with E-state index in [1.54, 1.807) is 18.2 Å². The Morgan fingerprint density at radius 3 is 2.55 bits per heavy atom. The van der Waals surface area contributed by atoms with Crippen molar-refractivity contribution in [2.75, 3.05) is 4.90 Å². The van der Waals surface area contributed by atoms with Crippen LogP contribution in [0, 0.1) is 11.8 Å². The van der Waals surface area contributed by atoms with E-state index in [4.69, 9.17) is 0 Å². The second-order valence-electron chi connectivity index (χ2n) is 5.88. The number of nitrogens with zero attached hydrogens (tertiary/aromatic N) is 1. The van der Waals surface area contributed by atoms with Gasteiger partial charge in [-0.3, -0.25) is 9.59 Å². The highest BCUT2D eigenvalue weighted by Crippen LogP contribution is 2.54. The largest absolute Gasteiger partial charge is 0.269 e. The van der Waals surface area contributed by atoms with Crippen molar-refractivity contribution in [2.45, 2.75) is 6.42 Å². The van der Waals surface area contributed by atoms with E-state index in [0.29, 0.717) is 22.8 Å². The fraction of sp³-hybridized carbons (Fsp3) is 0.158. The van der Waals surface area contributed by atoms with Gasteiger partial charge in [0.05, 0.1) is 5.69 Å². The van der Waals surface area contributed by atoms with Crippen molar-refractivity contribution in [2.24, 2.45) is 11.8 Å². The Morgan fingerprint density at radius 1 is 1.14 bits per heavy atom. The lowest BCUT2D eigenvalue weighted by Crippen LogP contribution is -2.44. The van der Waals surface area contributed by atoms with Crippen molar-refractivity contribution in [3.05, 3.63) is 77.9 Å². The number of fused-ring (bicyclic) bond motifs is 2. The summed E-state index contributed by atoms with van der Waals surface area (Å²) in [4.78, 5) is 26.9. The van der Waals surface area contributed by atoms with Gasteiger partial charge in [-0.05, 0) is 36.0 Å². The molecule has 2 atom stereocenters. The lowest BCUT2D eigenvalue weighted by atomic mass is 9.82. The summed E-state index contributed by atoms with van der Waals surface area (Å²) in [5.41, 5.74) is 3.28. The number of hydrogen-bond acceptors (Lipinski definition) is 2. The molecule has 3 aliphatic rings. The molecular formula is C19H15NO2. The highest BCUT2D eigenvalue weighted by atomic mass is 16.2. The van der Waals surface area contributed by atoms with Crippen LogP contribution in [0.2, 0.25) is 0 Å². The smallest absolute Gasteiger partial charge is 0.265 e. The molecule has 1 aliphatic heterocycles. The molecule has 108 valence electrons. The molecule has 3 nitrogen and oxygen atoms in total. The van der Waals surface area contributed by atoms with Gasteiger partial charge in [0.15, 0.2) is 0 Å². The van der Waals surface area contributed by atoms with Gasteiger partial charge in [0, 0.05) is 16.7 Å². The maximum atomic E-state index is 13.0. The van der Waals surface area contributed by atoms with E-state index in [9.17, 15) is 9.59 Å². The minimum absolute atomic E-state index is 0.210. The Bertz CT molecular complexity index is 798. The maximum absolute atomic E-state index is 13.0. The predicted molar refractivity (Wildman–Crippen MR) is 85.0 cm³/mol. The Hall–Kier alpha value is -2.68. The van der Waals surface area contributed by atoms with E-state index in [1.807, 2.05) is 18.2 Å². The number of imide groups is 1. The van der Waals surface area contributed by atoms with Gasteiger partial charge in [-0.15, -0.1) is 0 Å². The first-order valence-electron chi connectivity index (χ1n) is 7.35. The molecule has 1 fully saturated rings. The van der Waals surface area contributed by atoms with Crippen LogP contribution in [0.25, 0.3) is 0 Å². The van der Waals surface area contributed by atoms with E-state index < -0.39 is 0 Å². The summed E-state index contributed by atoms with van der Waals surface area (Å²) in [7, 11) is 0. The zero-order chi connectivity index (χ0) is 15.4. The highest BCUT2D eigenvalue weighted by molar-refractivity contribution is 6.31. The summed E-state index contributed by atoms with van der Waals surface area (Å²) < 4.78 is 0. The molecule has 1 aromatic carbocycles. The van der Waals surface area contributed by atoms with Crippen LogP contribution < -0.4 is 4.90 Å². The van der Waals surface area contributed by atoms with Gasteiger partial charge < -0.3 is 0 Å². The van der Waals surface area contributed by atoms with Gasteiger partial charge >= 0.3 is 0 Å². The number of para-hydroxylation sites is 1. The van der Waals surface area contributed by atoms with Crippen molar-refractivity contribution < 1.29 is 9.59 Å². The van der Waals surface area contributed by atoms with E-state index >= 15 is 0 Å². The van der Waals surface area contributed by atoms with Crippen LogP contribution in [0.3, 0.4) is 0 Å². The van der Waals surface area contributed by atoms with E-state index in [-0.39, 0.29) is 17.7 Å². The molecule has 1 saturated carbocycles. The predicted octanol–water partition coefficient (Wildman–Crippen LogP) is 3.17. The molecule has 4 rings (SSSR count). The molecule has 1 heterocycles. The lowest BCUT2D eigenvalue weighted by Gasteiger charge is -2.32. The van der Waals surface area contributed by atoms with Crippen LogP contribution >= 0.6 is 0 Å². The Morgan fingerprint density at radius 2 is 1.86 bits per heavy atom. The van der Waals surface area contributed by atoms with Crippen LogP contribution in [0.1, 0.15) is 6.42 Å². The van der Waals surface area contributed by atoms with Crippen molar-refractivity contribution >= 4 is 17.5 Å². The second kappa shape index (κ2) is 4.41. The molecule has 1 aromatic rings. The first kappa shape index (κ1) is 13.0. The number of anilines is 1. The van der Waals surface area contributed by atoms with Gasteiger partial charge in [-0.25, -0.2) is 4.90 Å². The van der Waals surface area contributed by atoms with Crippen molar-refractivity contribution in [1.29, 1.82) is 0 Å². The zero-order valence-corrected chi connectivity index (χ0v) is 12.1. The molecule has 22 heavy (non-hydrogen) atoms. The number of rotatable bonds is 2. The normalized spacial score (nSPS) is 26.5. The fourth-order valence-electron chi connectivity index (χ4n) is 3.42. The molecule has 0 bridgehead atoms. The third-order valence-corrected chi connectivity index (χ3v) is 4.59. The minimum Gasteiger partial charge on any atom is -0.269 e. The number of allylic oxidation sites excluding steroid dienone is 3. The highest BCUT2D eigenvalue weighted by Gasteiger charge is 2.50. The average Bonchev–Trinajstić information content (AvgIpc) is 3.31. The van der Waals surface area contributed by atoms with E-state index in [1.165, 1.54) is 4.90 Å². The zero-order valence-electron chi connectivity index (χ0n) is 12.1. The fourth-order valence-corrected chi connectivity index (χ4v) is 3.42. The quantitative estimate of drug-likeness (QED) is 0.619. The van der Waals surface area contributed by atoms with E-state index in [0.717, 1.165) is 17.6 Å². The SMILES string of the molecule is C=CC1=CC2CC2C2=C1C(=C)C(=O)N(c1ccccc1)C2=O. The van der Waals surface area contributed by atoms with Crippen LogP contribution in [0.4, 0.5) is 5.69 Å². The second-order valence-corrected chi connectivity index (χ2v) is 5.88. The number of carbonyl (C=O) groups is 2. The molecule has 2 unspecified atom stereocenters. The topological polar surface area (TPSA) is 37.4 Å². The molecule has 2 amide bonds. The molecule has 3 heteroatoms. The Kier molecular flexibility index (Phi) is 2.61. The number of carbonyl (C=O) groups excluding carboxylic acids is 2. The van der Waals surface area contributed by atoms with Crippen LogP contribution in [-0.2, 0) is 9.59 Å². The first-order chi connectivity index (χ1) is 10.6. The monoisotopic (exact) mass is 289 g/mol. The first-order valence-corrected chi connectivity index (χ1v) is 7.35. The van der Waals surface area contributed by atoms with Crippen LogP contribution in [-0.4, -0.2) is 11.8 Å². The third kappa shape index (κ3) is 1.62. The Labute approximate surface area is 128 Å². The van der Waals surface area contributed by atoms with Gasteiger partial charge in [0.1, 0.15) is 0 Å². The van der Waals surface area contributed by atoms with Crippen molar-refractivity contribution in [3.63, 3.8) is 0 Å². The summed E-state index contributed by atoms with van der Waals surface area (Å²) in [6.07, 6.45) is 4.79. The summed E-state index contributed by atoms with van der Waals surface area (Å²) in [5, 5.41) is 0. The number of benzene rings is 1. The van der Waals surface area contributed by atoms with Crippen LogP contribution in [0.15, 0.2) is 77.9 Å². The summed E-state index contributed by atoms with van der Waals surface area (Å²) >= 11 is 0. The standard InChI is InChI=1S/C19H15NO2/c1-3-12-9-13-10-15(13)17-16(12)11(2)18(21)20(19(17)22)14-7-5-4-6-8-14/h3-9,13,15H,1-2,10H2. The molecule has 0 N–H and O–H groups in total. The molecule has 0 aromatic heterocycles.